The lowest BCUT2D eigenvalue weighted by molar-refractivity contribution is 0.631. The molecule has 0 fully saturated rings. The van der Waals surface area contributed by atoms with Gasteiger partial charge < -0.3 is 4.52 Å². The highest BCUT2D eigenvalue weighted by Crippen LogP contribution is 2.37. The molecule has 0 saturated heterocycles. The van der Waals surface area contributed by atoms with Gasteiger partial charge in [0.2, 0.25) is 0 Å². The molecule has 0 aliphatic heterocycles. The van der Waals surface area contributed by atoms with Gasteiger partial charge in [-0.15, -0.1) is 0 Å². The van der Waals surface area contributed by atoms with Crippen LogP contribution in [0, 0.1) is 0 Å². The number of hydrogen-bond donors (Lipinski definition) is 0. The molecular formula is C22H17OP. The summed E-state index contributed by atoms with van der Waals surface area (Å²) in [5.74, 6) is 0.910. The summed E-state index contributed by atoms with van der Waals surface area (Å²) in [5.41, 5.74) is 0. The van der Waals surface area contributed by atoms with Crippen LogP contribution in [0.25, 0.3) is 10.8 Å². The Bertz CT molecular complexity index is 896. The van der Waals surface area contributed by atoms with Crippen molar-refractivity contribution in [3.05, 3.63) is 103 Å². The Balaban J connectivity index is 1.73. The maximum atomic E-state index is 6.46. The van der Waals surface area contributed by atoms with Crippen molar-refractivity contribution in [1.82, 2.24) is 0 Å². The molecule has 0 aliphatic carbocycles. The summed E-state index contributed by atoms with van der Waals surface area (Å²) in [6.45, 7) is 0. The largest absolute Gasteiger partial charge is 0.464 e. The highest BCUT2D eigenvalue weighted by Gasteiger charge is 2.16. The maximum Gasteiger partial charge on any atom is 0.150 e. The summed E-state index contributed by atoms with van der Waals surface area (Å²) in [6.07, 6.45) is 0. The van der Waals surface area contributed by atoms with Gasteiger partial charge in [0.15, 0.2) is 8.15 Å². The summed E-state index contributed by atoms with van der Waals surface area (Å²) < 4.78 is 6.46. The molecule has 0 saturated carbocycles. The van der Waals surface area contributed by atoms with E-state index in [0.717, 1.165) is 5.75 Å². The number of benzene rings is 4. The van der Waals surface area contributed by atoms with Crippen molar-refractivity contribution < 1.29 is 4.52 Å². The summed E-state index contributed by atoms with van der Waals surface area (Å²) in [7, 11) is -0.883. The molecule has 0 aliphatic rings. The molecule has 1 nitrogen and oxygen atoms in total. The molecule has 0 aromatic heterocycles. The highest BCUT2D eigenvalue weighted by atomic mass is 31.1. The molecule has 4 rings (SSSR count). The van der Waals surface area contributed by atoms with Crippen molar-refractivity contribution in [2.75, 3.05) is 0 Å². The first-order chi connectivity index (χ1) is 11.9. The quantitative estimate of drug-likeness (QED) is 0.464. The van der Waals surface area contributed by atoms with E-state index in [1.807, 2.05) is 12.1 Å². The molecule has 2 heteroatoms. The van der Waals surface area contributed by atoms with E-state index >= 15 is 0 Å². The average Bonchev–Trinajstić information content (AvgIpc) is 2.67. The van der Waals surface area contributed by atoms with E-state index in [1.165, 1.54) is 21.4 Å². The molecule has 0 unspecified atom stereocenters. The van der Waals surface area contributed by atoms with Crippen LogP contribution in [-0.4, -0.2) is 0 Å². The van der Waals surface area contributed by atoms with Gasteiger partial charge in [0, 0.05) is 10.6 Å². The normalized spacial score (nSPS) is 10.9. The van der Waals surface area contributed by atoms with Gasteiger partial charge in [-0.3, -0.25) is 0 Å². The smallest absolute Gasteiger partial charge is 0.150 e. The Kier molecular flexibility index (Phi) is 4.27. The van der Waals surface area contributed by atoms with Gasteiger partial charge in [0.05, 0.1) is 0 Å². The van der Waals surface area contributed by atoms with Crippen LogP contribution in [0.4, 0.5) is 0 Å². The topological polar surface area (TPSA) is 9.23 Å². The van der Waals surface area contributed by atoms with Crippen LogP contribution in [0.15, 0.2) is 103 Å². The van der Waals surface area contributed by atoms with Crippen molar-refractivity contribution in [1.29, 1.82) is 0 Å². The van der Waals surface area contributed by atoms with Crippen molar-refractivity contribution >= 4 is 29.5 Å². The third kappa shape index (κ3) is 3.18. The lowest BCUT2D eigenvalue weighted by atomic mass is 10.1. The van der Waals surface area contributed by atoms with Gasteiger partial charge in [-0.2, -0.15) is 0 Å². The molecule has 0 bridgehead atoms. The molecule has 0 spiro atoms. The van der Waals surface area contributed by atoms with Gasteiger partial charge in [-0.05, 0) is 22.9 Å². The van der Waals surface area contributed by atoms with E-state index in [2.05, 4.69) is 91.0 Å². The first-order valence-electron chi connectivity index (χ1n) is 7.97. The summed E-state index contributed by atoms with van der Waals surface area (Å²) in [5, 5.41) is 4.86. The van der Waals surface area contributed by atoms with E-state index in [-0.39, 0.29) is 0 Å². The lowest BCUT2D eigenvalue weighted by Gasteiger charge is -2.19. The van der Waals surface area contributed by atoms with E-state index in [4.69, 9.17) is 4.52 Å². The molecule has 4 aromatic carbocycles. The highest BCUT2D eigenvalue weighted by molar-refractivity contribution is 7.68. The average molecular weight is 328 g/mol. The van der Waals surface area contributed by atoms with Crippen molar-refractivity contribution in [2.24, 2.45) is 0 Å². The Morgan fingerprint density at radius 1 is 0.500 bits per heavy atom. The summed E-state index contributed by atoms with van der Waals surface area (Å²) >= 11 is 0. The van der Waals surface area contributed by atoms with E-state index in [9.17, 15) is 0 Å². The molecule has 0 amide bonds. The fourth-order valence-corrected chi connectivity index (χ4v) is 4.43. The fraction of sp³-hybridized carbons (Fsp3) is 0. The minimum atomic E-state index is -0.883. The van der Waals surface area contributed by atoms with Gasteiger partial charge in [0.1, 0.15) is 5.75 Å². The molecule has 24 heavy (non-hydrogen) atoms. The fourth-order valence-electron chi connectivity index (χ4n) is 2.71. The second-order valence-electron chi connectivity index (χ2n) is 5.57. The van der Waals surface area contributed by atoms with E-state index in [0.29, 0.717) is 0 Å². The predicted octanol–water partition coefficient (Wildman–Crippen LogP) is 5.27. The lowest BCUT2D eigenvalue weighted by Crippen LogP contribution is -2.15. The predicted molar refractivity (Wildman–Crippen MR) is 104 cm³/mol. The van der Waals surface area contributed by atoms with Crippen molar-refractivity contribution in [3.63, 3.8) is 0 Å². The zero-order valence-electron chi connectivity index (χ0n) is 13.2. The molecular weight excluding hydrogens is 311 g/mol. The van der Waals surface area contributed by atoms with E-state index in [1.54, 1.807) is 0 Å². The van der Waals surface area contributed by atoms with Gasteiger partial charge in [0.25, 0.3) is 0 Å². The molecule has 0 N–H and O–H groups in total. The van der Waals surface area contributed by atoms with Crippen LogP contribution in [0.1, 0.15) is 0 Å². The van der Waals surface area contributed by atoms with Crippen molar-refractivity contribution in [2.45, 2.75) is 0 Å². The number of fused-ring (bicyclic) bond motifs is 1. The van der Waals surface area contributed by atoms with Crippen LogP contribution in [0.3, 0.4) is 0 Å². The Morgan fingerprint density at radius 2 is 1.04 bits per heavy atom. The number of hydrogen-bond acceptors (Lipinski definition) is 1. The number of rotatable bonds is 4. The SMILES string of the molecule is c1ccc(P(Oc2ccc3ccccc3c2)c2ccccc2)cc1. The van der Waals surface area contributed by atoms with E-state index < -0.39 is 8.15 Å². The molecule has 0 radical (unpaired) electrons. The minimum absolute atomic E-state index is 0.883. The standard InChI is InChI=1S/C22H17OP/c1-3-11-21(12-4-1)24(22-13-5-2-6-14-22)23-20-16-15-18-9-7-8-10-19(18)17-20/h1-17H. The monoisotopic (exact) mass is 328 g/mol. The first kappa shape index (κ1) is 14.9. The van der Waals surface area contributed by atoms with Crippen LogP contribution < -0.4 is 15.1 Å². The minimum Gasteiger partial charge on any atom is -0.464 e. The summed E-state index contributed by atoms with van der Waals surface area (Å²) in [6, 6.07) is 35.6. The van der Waals surface area contributed by atoms with Gasteiger partial charge in [-0.25, -0.2) is 0 Å². The zero-order valence-corrected chi connectivity index (χ0v) is 14.1. The second-order valence-corrected chi connectivity index (χ2v) is 7.37. The van der Waals surface area contributed by atoms with Gasteiger partial charge in [-0.1, -0.05) is 91.0 Å². The van der Waals surface area contributed by atoms with Crippen LogP contribution in [0.5, 0.6) is 5.75 Å². The third-order valence-corrected chi connectivity index (χ3v) is 5.83. The maximum absolute atomic E-state index is 6.46. The summed E-state index contributed by atoms with van der Waals surface area (Å²) in [4.78, 5) is 0. The first-order valence-corrected chi connectivity index (χ1v) is 9.23. The molecule has 0 atom stereocenters. The molecule has 4 aromatic rings. The zero-order chi connectivity index (χ0) is 16.2. The molecule has 0 heterocycles. The second kappa shape index (κ2) is 6.86. The Hall–Kier alpha value is -2.63. The Morgan fingerprint density at radius 3 is 1.67 bits per heavy atom. The molecule has 116 valence electrons. The third-order valence-electron chi connectivity index (χ3n) is 3.90. The van der Waals surface area contributed by atoms with Crippen LogP contribution >= 0.6 is 8.15 Å². The Labute approximate surface area is 143 Å². The van der Waals surface area contributed by atoms with Crippen molar-refractivity contribution in [3.8, 4) is 5.75 Å². The van der Waals surface area contributed by atoms with Gasteiger partial charge >= 0.3 is 0 Å². The van der Waals surface area contributed by atoms with Crippen LogP contribution in [-0.2, 0) is 0 Å². The van der Waals surface area contributed by atoms with Crippen LogP contribution in [0.2, 0.25) is 0 Å².